The van der Waals surface area contributed by atoms with Crippen LogP contribution in [0.4, 0.5) is 0 Å². The van der Waals surface area contributed by atoms with Crippen LogP contribution in [-0.2, 0) is 14.6 Å². The van der Waals surface area contributed by atoms with E-state index in [1.54, 1.807) is 62.4 Å². The summed E-state index contributed by atoms with van der Waals surface area (Å²) in [6.07, 6.45) is 0. The fourth-order valence-corrected chi connectivity index (χ4v) is 3.79. The molecule has 2 aromatic carbocycles. The zero-order valence-electron chi connectivity index (χ0n) is 12.5. The highest BCUT2D eigenvalue weighted by Gasteiger charge is 2.31. The minimum atomic E-state index is -3.52. The Balaban J connectivity index is 2.13. The Bertz CT molecular complexity index is 735. The van der Waals surface area contributed by atoms with E-state index in [-0.39, 0.29) is 10.6 Å². The summed E-state index contributed by atoms with van der Waals surface area (Å²) >= 11 is 0. The number of esters is 1. The molecule has 4 nitrogen and oxygen atoms in total. The second-order valence-corrected chi connectivity index (χ2v) is 7.58. The van der Waals surface area contributed by atoms with Crippen LogP contribution >= 0.6 is 0 Å². The van der Waals surface area contributed by atoms with E-state index in [0.29, 0.717) is 5.56 Å². The average molecular weight is 318 g/mol. The molecule has 0 unspecified atom stereocenters. The van der Waals surface area contributed by atoms with Crippen molar-refractivity contribution in [1.82, 2.24) is 0 Å². The molecule has 0 aliphatic carbocycles. The summed E-state index contributed by atoms with van der Waals surface area (Å²) in [4.78, 5) is 12.3. The van der Waals surface area contributed by atoms with Crippen LogP contribution in [0.1, 0.15) is 24.2 Å². The molecular weight excluding hydrogens is 300 g/mol. The third kappa shape index (κ3) is 4.18. The summed E-state index contributed by atoms with van der Waals surface area (Å²) in [5.41, 5.74) is -0.727. The fourth-order valence-electron chi connectivity index (χ4n) is 2.08. The zero-order chi connectivity index (χ0) is 16.2. The summed E-state index contributed by atoms with van der Waals surface area (Å²) < 4.78 is 30.1. The van der Waals surface area contributed by atoms with Gasteiger partial charge in [-0.1, -0.05) is 36.4 Å². The van der Waals surface area contributed by atoms with E-state index >= 15 is 0 Å². The third-order valence-electron chi connectivity index (χ3n) is 3.02. The van der Waals surface area contributed by atoms with Crippen molar-refractivity contribution >= 4 is 15.8 Å². The lowest BCUT2D eigenvalue weighted by molar-refractivity contribution is 0.00826. The first-order chi connectivity index (χ1) is 10.3. The van der Waals surface area contributed by atoms with Crippen molar-refractivity contribution in [3.8, 4) is 0 Å². The molecule has 0 spiro atoms. The molecule has 0 N–H and O–H groups in total. The molecule has 0 aliphatic rings. The molecule has 0 atom stereocenters. The van der Waals surface area contributed by atoms with Crippen molar-refractivity contribution in [2.24, 2.45) is 0 Å². The van der Waals surface area contributed by atoms with E-state index < -0.39 is 21.4 Å². The maximum Gasteiger partial charge on any atom is 0.338 e. The van der Waals surface area contributed by atoms with Crippen LogP contribution in [0.5, 0.6) is 0 Å². The van der Waals surface area contributed by atoms with Crippen molar-refractivity contribution < 1.29 is 17.9 Å². The van der Waals surface area contributed by atoms with Crippen LogP contribution in [0.3, 0.4) is 0 Å². The van der Waals surface area contributed by atoms with Gasteiger partial charge in [0.05, 0.1) is 16.2 Å². The Morgan fingerprint density at radius 1 is 0.955 bits per heavy atom. The predicted molar refractivity (Wildman–Crippen MR) is 84.4 cm³/mol. The number of hydrogen-bond donors (Lipinski definition) is 0. The van der Waals surface area contributed by atoms with Crippen LogP contribution in [-0.4, -0.2) is 25.7 Å². The predicted octanol–water partition coefficient (Wildman–Crippen LogP) is 3.10. The Hall–Kier alpha value is -2.14. The standard InChI is InChI=1S/C17H18O4S/c1-17(2,21-16(18)14-9-5-3-6-10-14)13-22(19,20)15-11-7-4-8-12-15/h3-12H,13H2,1-2H3. The van der Waals surface area contributed by atoms with Gasteiger partial charge in [0.25, 0.3) is 0 Å². The van der Waals surface area contributed by atoms with Gasteiger partial charge in [-0.15, -0.1) is 0 Å². The number of hydrogen-bond acceptors (Lipinski definition) is 4. The number of ether oxygens (including phenoxy) is 1. The minimum absolute atomic E-state index is 0.221. The van der Waals surface area contributed by atoms with E-state index in [1.807, 2.05) is 0 Å². The lowest BCUT2D eigenvalue weighted by Crippen LogP contribution is -2.36. The first-order valence-corrected chi connectivity index (χ1v) is 8.52. The van der Waals surface area contributed by atoms with Crippen molar-refractivity contribution in [3.63, 3.8) is 0 Å². The van der Waals surface area contributed by atoms with Gasteiger partial charge in [-0.05, 0) is 38.1 Å². The second-order valence-electron chi connectivity index (χ2n) is 5.59. The summed E-state index contributed by atoms with van der Waals surface area (Å²) in [5.74, 6) is -0.809. The van der Waals surface area contributed by atoms with Crippen LogP contribution in [0.15, 0.2) is 65.6 Å². The topological polar surface area (TPSA) is 60.4 Å². The number of rotatable bonds is 5. The van der Waals surface area contributed by atoms with Gasteiger partial charge in [-0.2, -0.15) is 0 Å². The normalized spacial score (nSPS) is 11.9. The molecule has 0 amide bonds. The highest BCUT2D eigenvalue weighted by molar-refractivity contribution is 7.91. The fraction of sp³-hybridized carbons (Fsp3) is 0.235. The van der Waals surface area contributed by atoms with Crippen LogP contribution in [0, 0.1) is 0 Å². The second kappa shape index (κ2) is 6.32. The van der Waals surface area contributed by atoms with Gasteiger partial charge in [-0.3, -0.25) is 0 Å². The quantitative estimate of drug-likeness (QED) is 0.795. The molecule has 2 rings (SSSR count). The Morgan fingerprint density at radius 2 is 1.45 bits per heavy atom. The van der Waals surface area contributed by atoms with Crippen molar-refractivity contribution in [2.75, 3.05) is 5.75 Å². The molecule has 0 radical (unpaired) electrons. The molecule has 0 aliphatic heterocycles. The van der Waals surface area contributed by atoms with Gasteiger partial charge in [0.2, 0.25) is 0 Å². The van der Waals surface area contributed by atoms with Gasteiger partial charge >= 0.3 is 5.97 Å². The van der Waals surface area contributed by atoms with E-state index in [2.05, 4.69) is 0 Å². The smallest absolute Gasteiger partial charge is 0.338 e. The van der Waals surface area contributed by atoms with Crippen LogP contribution < -0.4 is 0 Å². The summed E-state index contributed by atoms with van der Waals surface area (Å²) in [6, 6.07) is 16.6. The van der Waals surface area contributed by atoms with Gasteiger partial charge in [0.1, 0.15) is 5.60 Å². The van der Waals surface area contributed by atoms with Crippen molar-refractivity contribution in [3.05, 3.63) is 66.2 Å². The lowest BCUT2D eigenvalue weighted by Gasteiger charge is -2.25. The van der Waals surface area contributed by atoms with Crippen LogP contribution in [0.25, 0.3) is 0 Å². The van der Waals surface area contributed by atoms with Crippen LogP contribution in [0.2, 0.25) is 0 Å². The molecule has 0 saturated heterocycles. The van der Waals surface area contributed by atoms with E-state index in [0.717, 1.165) is 0 Å². The summed E-state index contributed by atoms with van der Waals surface area (Å²) in [6.45, 7) is 3.18. The molecule has 0 bridgehead atoms. The zero-order valence-corrected chi connectivity index (χ0v) is 13.3. The first-order valence-electron chi connectivity index (χ1n) is 6.86. The molecule has 116 valence electrons. The molecule has 0 heterocycles. The first kappa shape index (κ1) is 16.2. The highest BCUT2D eigenvalue weighted by atomic mass is 32.2. The molecular formula is C17H18O4S. The van der Waals surface area contributed by atoms with Gasteiger partial charge in [0, 0.05) is 0 Å². The van der Waals surface area contributed by atoms with Gasteiger partial charge in [-0.25, -0.2) is 13.2 Å². The Kier molecular flexibility index (Phi) is 4.66. The molecule has 22 heavy (non-hydrogen) atoms. The highest BCUT2D eigenvalue weighted by Crippen LogP contribution is 2.20. The van der Waals surface area contributed by atoms with E-state index in [4.69, 9.17) is 4.74 Å². The Labute approximate surface area is 130 Å². The number of benzene rings is 2. The maximum absolute atomic E-state index is 12.4. The largest absolute Gasteiger partial charge is 0.455 e. The summed E-state index contributed by atoms with van der Waals surface area (Å²) in [7, 11) is -3.52. The van der Waals surface area contributed by atoms with Gasteiger partial charge < -0.3 is 4.74 Å². The van der Waals surface area contributed by atoms with Gasteiger partial charge in [0.15, 0.2) is 9.84 Å². The van der Waals surface area contributed by atoms with Crippen molar-refractivity contribution in [2.45, 2.75) is 24.3 Å². The Morgan fingerprint density at radius 3 is 2.00 bits per heavy atom. The van der Waals surface area contributed by atoms with E-state index in [1.165, 1.54) is 12.1 Å². The molecule has 2 aromatic rings. The lowest BCUT2D eigenvalue weighted by atomic mass is 10.1. The monoisotopic (exact) mass is 318 g/mol. The van der Waals surface area contributed by atoms with Crippen molar-refractivity contribution in [1.29, 1.82) is 0 Å². The number of sulfone groups is 1. The SMILES string of the molecule is CC(C)(CS(=O)(=O)c1ccccc1)OC(=O)c1ccccc1. The minimum Gasteiger partial charge on any atom is -0.455 e. The molecule has 0 aromatic heterocycles. The number of carbonyl (C=O) groups excluding carboxylic acids is 1. The van der Waals surface area contributed by atoms with E-state index in [9.17, 15) is 13.2 Å². The summed E-state index contributed by atoms with van der Waals surface area (Å²) in [5, 5.41) is 0. The molecule has 0 saturated carbocycles. The number of carbonyl (C=O) groups is 1. The maximum atomic E-state index is 12.4. The molecule has 5 heteroatoms. The third-order valence-corrected chi connectivity index (χ3v) is 5.08. The molecule has 0 fully saturated rings. The average Bonchev–Trinajstić information content (AvgIpc) is 2.47.